The van der Waals surface area contributed by atoms with E-state index in [4.69, 9.17) is 0 Å². The monoisotopic (exact) mass is 227 g/mol. The molecule has 0 saturated heterocycles. The third-order valence-electron chi connectivity index (χ3n) is 2.75. The number of non-ortho nitro benzene ring substituents is 1. The summed E-state index contributed by atoms with van der Waals surface area (Å²) in [5.74, 6) is 0. The van der Waals surface area contributed by atoms with Gasteiger partial charge in [-0.2, -0.15) is 0 Å². The van der Waals surface area contributed by atoms with Crippen molar-refractivity contribution >= 4 is 5.69 Å². The first-order valence-electron chi connectivity index (χ1n) is 5.40. The molecule has 3 nitrogen and oxygen atoms in total. The molecule has 0 fully saturated rings. The molecule has 0 saturated carbocycles. The fourth-order valence-electron chi connectivity index (χ4n) is 1.92. The molecule has 86 valence electrons. The molecular formula is C14H13NO2. The second-order valence-corrected chi connectivity index (χ2v) is 4.13. The molecule has 0 atom stereocenters. The lowest BCUT2D eigenvalue weighted by Gasteiger charge is -2.06. The lowest BCUT2D eigenvalue weighted by Crippen LogP contribution is -1.89. The van der Waals surface area contributed by atoms with Crippen LogP contribution in [0.5, 0.6) is 0 Å². The van der Waals surface area contributed by atoms with Crippen molar-refractivity contribution in [1.29, 1.82) is 0 Å². The van der Waals surface area contributed by atoms with Crippen LogP contribution in [-0.2, 0) is 0 Å². The first-order valence-corrected chi connectivity index (χ1v) is 5.40. The van der Waals surface area contributed by atoms with Crippen LogP contribution in [0.15, 0.2) is 42.5 Å². The molecule has 2 aromatic carbocycles. The maximum absolute atomic E-state index is 10.7. The van der Waals surface area contributed by atoms with Crippen LogP contribution in [0.4, 0.5) is 5.69 Å². The van der Waals surface area contributed by atoms with Crippen LogP contribution in [0.2, 0.25) is 0 Å². The van der Waals surface area contributed by atoms with Crippen molar-refractivity contribution in [2.75, 3.05) is 0 Å². The Labute approximate surface area is 99.9 Å². The average Bonchev–Trinajstić information content (AvgIpc) is 2.29. The van der Waals surface area contributed by atoms with Crippen LogP contribution in [0.3, 0.4) is 0 Å². The maximum Gasteiger partial charge on any atom is 0.270 e. The van der Waals surface area contributed by atoms with Crippen LogP contribution in [0, 0.1) is 24.0 Å². The molecule has 0 N–H and O–H groups in total. The fourth-order valence-corrected chi connectivity index (χ4v) is 1.92. The summed E-state index contributed by atoms with van der Waals surface area (Å²) in [5, 5.41) is 10.7. The zero-order valence-corrected chi connectivity index (χ0v) is 9.81. The second kappa shape index (κ2) is 4.37. The molecular weight excluding hydrogens is 214 g/mol. The second-order valence-electron chi connectivity index (χ2n) is 4.13. The maximum atomic E-state index is 10.7. The van der Waals surface area contributed by atoms with E-state index in [9.17, 15) is 10.1 Å². The van der Waals surface area contributed by atoms with Crippen LogP contribution in [0.1, 0.15) is 11.1 Å². The molecule has 0 aliphatic carbocycles. The lowest BCUT2D eigenvalue weighted by molar-refractivity contribution is -0.384. The van der Waals surface area contributed by atoms with Gasteiger partial charge in [0.1, 0.15) is 0 Å². The highest BCUT2D eigenvalue weighted by molar-refractivity contribution is 5.69. The highest BCUT2D eigenvalue weighted by Crippen LogP contribution is 2.27. The SMILES string of the molecule is Cc1ccc(-c2cccc([N+](=O)[O-])c2)c(C)c1. The van der Waals surface area contributed by atoms with Gasteiger partial charge in [-0.3, -0.25) is 10.1 Å². The van der Waals surface area contributed by atoms with Crippen LogP contribution in [-0.4, -0.2) is 4.92 Å². The predicted octanol–water partition coefficient (Wildman–Crippen LogP) is 3.88. The summed E-state index contributed by atoms with van der Waals surface area (Å²) in [6, 6.07) is 12.8. The minimum Gasteiger partial charge on any atom is -0.258 e. The quantitative estimate of drug-likeness (QED) is 0.577. The molecule has 0 spiro atoms. The van der Waals surface area contributed by atoms with Gasteiger partial charge in [-0.15, -0.1) is 0 Å². The molecule has 17 heavy (non-hydrogen) atoms. The summed E-state index contributed by atoms with van der Waals surface area (Å²) in [7, 11) is 0. The highest BCUT2D eigenvalue weighted by atomic mass is 16.6. The van der Waals surface area contributed by atoms with Gasteiger partial charge in [0.05, 0.1) is 4.92 Å². The smallest absolute Gasteiger partial charge is 0.258 e. The molecule has 0 amide bonds. The number of hydrogen-bond acceptors (Lipinski definition) is 2. The standard InChI is InChI=1S/C14H13NO2/c1-10-6-7-14(11(2)8-10)12-4-3-5-13(9-12)15(16)17/h3-9H,1-2H3. The number of nitrogens with zero attached hydrogens (tertiary/aromatic N) is 1. The number of nitro groups is 1. The van der Waals surface area contributed by atoms with Crippen LogP contribution >= 0.6 is 0 Å². The van der Waals surface area contributed by atoms with Crippen molar-refractivity contribution in [3.8, 4) is 11.1 Å². The molecule has 0 aliphatic heterocycles. The third kappa shape index (κ3) is 2.33. The van der Waals surface area contributed by atoms with Crippen LogP contribution in [0.25, 0.3) is 11.1 Å². The minimum absolute atomic E-state index is 0.127. The molecule has 0 heterocycles. The number of aryl methyl sites for hydroxylation is 2. The van der Waals surface area contributed by atoms with Crippen LogP contribution < -0.4 is 0 Å². The van der Waals surface area contributed by atoms with Gasteiger partial charge in [-0.25, -0.2) is 0 Å². The Bertz CT molecular complexity index is 576. The predicted molar refractivity (Wildman–Crippen MR) is 68.0 cm³/mol. The first-order chi connectivity index (χ1) is 8.08. The number of benzene rings is 2. The summed E-state index contributed by atoms with van der Waals surface area (Å²) in [6.07, 6.45) is 0. The minimum atomic E-state index is -0.368. The Balaban J connectivity index is 2.53. The van der Waals surface area contributed by atoms with Gasteiger partial charge in [-0.1, -0.05) is 35.9 Å². The topological polar surface area (TPSA) is 43.1 Å². The van der Waals surface area contributed by atoms with Crippen molar-refractivity contribution in [3.05, 3.63) is 63.7 Å². The Morgan fingerprint density at radius 3 is 2.47 bits per heavy atom. The van der Waals surface area contributed by atoms with E-state index < -0.39 is 0 Å². The number of hydrogen-bond donors (Lipinski definition) is 0. The fraction of sp³-hybridized carbons (Fsp3) is 0.143. The van der Waals surface area contributed by atoms with E-state index in [1.165, 1.54) is 11.6 Å². The van der Waals surface area contributed by atoms with E-state index in [2.05, 4.69) is 6.07 Å². The molecule has 3 heteroatoms. The lowest BCUT2D eigenvalue weighted by atomic mass is 9.98. The van der Waals surface area contributed by atoms with E-state index in [1.54, 1.807) is 12.1 Å². The number of rotatable bonds is 2. The zero-order chi connectivity index (χ0) is 12.4. The van der Waals surface area contributed by atoms with Gasteiger partial charge in [0.15, 0.2) is 0 Å². The van der Waals surface area contributed by atoms with Crippen molar-refractivity contribution in [2.45, 2.75) is 13.8 Å². The Morgan fingerprint density at radius 2 is 1.82 bits per heavy atom. The van der Waals surface area contributed by atoms with Crippen molar-refractivity contribution in [2.24, 2.45) is 0 Å². The zero-order valence-electron chi connectivity index (χ0n) is 9.81. The highest BCUT2D eigenvalue weighted by Gasteiger charge is 2.08. The summed E-state index contributed by atoms with van der Waals surface area (Å²) < 4.78 is 0. The van der Waals surface area contributed by atoms with Gasteiger partial charge < -0.3 is 0 Å². The van der Waals surface area contributed by atoms with Crippen molar-refractivity contribution in [1.82, 2.24) is 0 Å². The first kappa shape index (κ1) is 11.3. The average molecular weight is 227 g/mol. The Morgan fingerprint density at radius 1 is 1.06 bits per heavy atom. The van der Waals surface area contributed by atoms with E-state index in [1.807, 2.05) is 32.0 Å². The molecule has 0 radical (unpaired) electrons. The van der Waals surface area contributed by atoms with E-state index in [0.29, 0.717) is 0 Å². The summed E-state index contributed by atoms with van der Waals surface area (Å²) >= 11 is 0. The largest absolute Gasteiger partial charge is 0.270 e. The van der Waals surface area contributed by atoms with Crippen molar-refractivity contribution < 1.29 is 4.92 Å². The molecule has 2 rings (SSSR count). The van der Waals surface area contributed by atoms with Gasteiger partial charge in [0, 0.05) is 12.1 Å². The third-order valence-corrected chi connectivity index (χ3v) is 2.75. The van der Waals surface area contributed by atoms with Gasteiger partial charge in [0.2, 0.25) is 0 Å². The van der Waals surface area contributed by atoms with Gasteiger partial charge in [-0.05, 0) is 30.5 Å². The molecule has 0 aliphatic rings. The molecule has 0 aromatic heterocycles. The van der Waals surface area contributed by atoms with E-state index in [-0.39, 0.29) is 10.6 Å². The number of nitro benzene ring substituents is 1. The Hall–Kier alpha value is -2.16. The van der Waals surface area contributed by atoms with E-state index in [0.717, 1.165) is 16.7 Å². The van der Waals surface area contributed by atoms with Gasteiger partial charge in [0.25, 0.3) is 5.69 Å². The Kier molecular flexibility index (Phi) is 2.91. The molecule has 2 aromatic rings. The van der Waals surface area contributed by atoms with Gasteiger partial charge >= 0.3 is 0 Å². The summed E-state index contributed by atoms with van der Waals surface area (Å²) in [6.45, 7) is 4.05. The van der Waals surface area contributed by atoms with E-state index >= 15 is 0 Å². The summed E-state index contributed by atoms with van der Waals surface area (Å²) in [5.41, 5.74) is 4.38. The molecule has 0 unspecified atom stereocenters. The molecule has 0 bridgehead atoms. The normalized spacial score (nSPS) is 10.2. The summed E-state index contributed by atoms with van der Waals surface area (Å²) in [4.78, 5) is 10.4. The van der Waals surface area contributed by atoms with Crippen molar-refractivity contribution in [3.63, 3.8) is 0 Å².